The molecule has 2 saturated carbocycles. The first-order valence-corrected chi connectivity index (χ1v) is 11.5. The molecule has 0 aromatic carbocycles. The SMILES string of the molecule is CC1(C)[C@@H]2CC[C@@]1(C)C(=O)C2S(=O)(=O)[O-].CCN(CC)C(=O)c1ccc[n+](C)c1. The lowest BCUT2D eigenvalue weighted by Gasteiger charge is -2.32. The molecule has 1 aromatic rings. The standard InChI is InChI=1S/C11H17N2O.C10H16O4S/c1-4-13(5-2)11(14)10-7-6-8-12(3)9-10;1-9(2)6-4-5-10(9,3)8(11)7(6)15(12,13)14/h6-9H,4-5H2,1-3H3;6-7H,4-5H2,1-3H3,(H,12,13,14)/q+1;/p-1/t;6-,7?,10+/m.1/s1. The summed E-state index contributed by atoms with van der Waals surface area (Å²) in [5.74, 6) is -0.553. The van der Waals surface area contributed by atoms with Gasteiger partial charge in [0.2, 0.25) is 0 Å². The van der Waals surface area contributed by atoms with E-state index in [0.717, 1.165) is 18.7 Å². The minimum Gasteiger partial charge on any atom is -0.747 e. The van der Waals surface area contributed by atoms with Gasteiger partial charge in [0.1, 0.15) is 28.0 Å². The van der Waals surface area contributed by atoms with Crippen molar-refractivity contribution in [1.29, 1.82) is 0 Å². The summed E-state index contributed by atoms with van der Waals surface area (Å²) in [5.41, 5.74) is -0.245. The number of amides is 1. The minimum atomic E-state index is -4.49. The Morgan fingerprint density at radius 2 is 1.86 bits per heavy atom. The molecule has 8 heteroatoms. The summed E-state index contributed by atoms with van der Waals surface area (Å²) in [6, 6.07) is 3.73. The van der Waals surface area contributed by atoms with E-state index in [2.05, 4.69) is 0 Å². The van der Waals surface area contributed by atoms with Gasteiger partial charge in [-0.15, -0.1) is 0 Å². The van der Waals surface area contributed by atoms with Crippen LogP contribution in [0.4, 0.5) is 0 Å². The Bertz CT molecular complexity index is 892. The fraction of sp³-hybridized carbons (Fsp3) is 0.667. The molecule has 162 valence electrons. The van der Waals surface area contributed by atoms with Crippen LogP contribution in [0.3, 0.4) is 0 Å². The summed E-state index contributed by atoms with van der Waals surface area (Å²) >= 11 is 0. The maximum Gasteiger partial charge on any atom is 0.259 e. The lowest BCUT2D eigenvalue weighted by Crippen LogP contribution is -2.38. The average molecular weight is 425 g/mol. The zero-order valence-electron chi connectivity index (χ0n) is 18.1. The predicted molar refractivity (Wildman–Crippen MR) is 108 cm³/mol. The Labute approximate surface area is 173 Å². The zero-order valence-corrected chi connectivity index (χ0v) is 19.0. The third kappa shape index (κ3) is 4.10. The molecule has 0 N–H and O–H groups in total. The van der Waals surface area contributed by atoms with Crippen LogP contribution in [0.1, 0.15) is 57.8 Å². The number of nitrogens with zero attached hydrogens (tertiary/aromatic N) is 2. The molecular weight excluding hydrogens is 392 g/mol. The number of rotatable bonds is 4. The van der Waals surface area contributed by atoms with Crippen LogP contribution < -0.4 is 4.57 Å². The van der Waals surface area contributed by atoms with Crippen molar-refractivity contribution in [3.8, 4) is 0 Å². The lowest BCUT2D eigenvalue weighted by molar-refractivity contribution is -0.671. The maximum atomic E-state index is 12.0. The summed E-state index contributed by atoms with van der Waals surface area (Å²) in [4.78, 5) is 25.7. The highest BCUT2D eigenvalue weighted by Crippen LogP contribution is 2.64. The smallest absolute Gasteiger partial charge is 0.259 e. The van der Waals surface area contributed by atoms with Gasteiger partial charge in [-0.3, -0.25) is 9.59 Å². The number of hydrogen-bond acceptors (Lipinski definition) is 5. The molecule has 0 saturated heterocycles. The summed E-state index contributed by atoms with van der Waals surface area (Å²) in [6.07, 6.45) is 5.14. The summed E-state index contributed by atoms with van der Waals surface area (Å²) < 4.78 is 35.1. The molecule has 2 aliphatic carbocycles. The van der Waals surface area contributed by atoms with Crippen LogP contribution in [-0.2, 0) is 22.0 Å². The fourth-order valence-electron chi connectivity index (χ4n) is 4.74. The van der Waals surface area contributed by atoms with Crippen LogP contribution >= 0.6 is 0 Å². The summed E-state index contributed by atoms with van der Waals surface area (Å²) in [6.45, 7) is 11.1. The third-order valence-electron chi connectivity index (χ3n) is 7.02. The molecular formula is C21H32N2O5S. The Morgan fingerprint density at radius 3 is 2.24 bits per heavy atom. The molecule has 1 unspecified atom stereocenters. The van der Waals surface area contributed by atoms with E-state index in [4.69, 9.17) is 0 Å². The van der Waals surface area contributed by atoms with Gasteiger partial charge >= 0.3 is 0 Å². The first kappa shape index (κ1) is 23.5. The van der Waals surface area contributed by atoms with Gasteiger partial charge in [0.15, 0.2) is 18.2 Å². The van der Waals surface area contributed by atoms with E-state index in [1.165, 1.54) is 0 Å². The molecule has 1 amide bonds. The van der Waals surface area contributed by atoms with E-state index in [-0.39, 0.29) is 23.0 Å². The number of carbonyl (C=O) groups excluding carboxylic acids is 2. The molecule has 2 fully saturated rings. The molecule has 0 spiro atoms. The van der Waals surface area contributed by atoms with E-state index in [1.54, 1.807) is 6.92 Å². The second kappa shape index (κ2) is 8.14. The molecule has 0 radical (unpaired) electrons. The van der Waals surface area contributed by atoms with Gasteiger partial charge in [0.25, 0.3) is 5.91 Å². The largest absolute Gasteiger partial charge is 0.747 e. The highest BCUT2D eigenvalue weighted by atomic mass is 32.2. The van der Waals surface area contributed by atoms with E-state index in [1.807, 2.05) is 68.7 Å². The van der Waals surface area contributed by atoms with Crippen LogP contribution in [0.15, 0.2) is 24.5 Å². The van der Waals surface area contributed by atoms with Crippen molar-refractivity contribution in [3.63, 3.8) is 0 Å². The second-order valence-corrected chi connectivity index (χ2v) is 10.2. The van der Waals surface area contributed by atoms with Crippen molar-refractivity contribution in [2.75, 3.05) is 13.1 Å². The van der Waals surface area contributed by atoms with Gasteiger partial charge in [-0.2, -0.15) is 0 Å². The maximum absolute atomic E-state index is 12.0. The molecule has 2 bridgehead atoms. The number of hydrogen-bond donors (Lipinski definition) is 0. The van der Waals surface area contributed by atoms with Crippen molar-refractivity contribution in [2.45, 2.75) is 52.7 Å². The van der Waals surface area contributed by atoms with Gasteiger partial charge in [-0.05, 0) is 44.1 Å². The van der Waals surface area contributed by atoms with Gasteiger partial charge in [0, 0.05) is 24.6 Å². The number of ketones is 1. The number of aromatic nitrogens is 1. The molecule has 7 nitrogen and oxygen atoms in total. The Balaban J connectivity index is 0.000000208. The minimum absolute atomic E-state index is 0.103. The average Bonchev–Trinajstić information content (AvgIpc) is 2.94. The Hall–Kier alpha value is -1.80. The van der Waals surface area contributed by atoms with E-state index >= 15 is 0 Å². The first-order valence-electron chi connectivity index (χ1n) is 10.0. The van der Waals surface area contributed by atoms with Crippen LogP contribution in [-0.4, -0.2) is 47.9 Å². The molecule has 1 aromatic heterocycles. The van der Waals surface area contributed by atoms with Gasteiger partial charge < -0.3 is 9.45 Å². The fourth-order valence-corrected chi connectivity index (χ4v) is 6.14. The van der Waals surface area contributed by atoms with Gasteiger partial charge in [-0.1, -0.05) is 20.8 Å². The van der Waals surface area contributed by atoms with Crippen LogP contribution in [0.25, 0.3) is 0 Å². The number of pyridine rings is 1. The molecule has 3 atom stereocenters. The second-order valence-electron chi connectivity index (χ2n) is 8.71. The molecule has 1 heterocycles. The highest BCUT2D eigenvalue weighted by Gasteiger charge is 2.67. The topological polar surface area (TPSA) is 98.5 Å². The number of Topliss-reactive ketones (excluding diaryl/α,β-unsaturated/α-hetero) is 1. The van der Waals surface area contributed by atoms with Crippen molar-refractivity contribution >= 4 is 21.8 Å². The third-order valence-corrected chi connectivity index (χ3v) is 8.19. The summed E-state index contributed by atoms with van der Waals surface area (Å²) in [7, 11) is -2.58. The highest BCUT2D eigenvalue weighted by molar-refractivity contribution is 7.87. The van der Waals surface area contributed by atoms with E-state index < -0.39 is 20.8 Å². The molecule has 0 aliphatic heterocycles. The number of fused-ring (bicyclic) bond motifs is 2. The predicted octanol–water partition coefficient (Wildman–Crippen LogP) is 1.92. The van der Waals surface area contributed by atoms with Gasteiger partial charge in [-0.25, -0.2) is 13.0 Å². The van der Waals surface area contributed by atoms with Crippen molar-refractivity contribution in [1.82, 2.24) is 4.90 Å². The molecule has 2 aliphatic rings. The Kier molecular flexibility index (Phi) is 6.59. The van der Waals surface area contributed by atoms with Crippen LogP contribution in [0.2, 0.25) is 0 Å². The van der Waals surface area contributed by atoms with Crippen molar-refractivity contribution in [3.05, 3.63) is 30.1 Å². The quantitative estimate of drug-likeness (QED) is 0.543. The van der Waals surface area contributed by atoms with Crippen molar-refractivity contribution < 1.29 is 27.1 Å². The van der Waals surface area contributed by atoms with Gasteiger partial charge in [0.05, 0.1) is 0 Å². The normalized spacial score (nSPS) is 27.3. The van der Waals surface area contributed by atoms with Crippen LogP contribution in [0.5, 0.6) is 0 Å². The zero-order chi connectivity index (χ0) is 22.2. The van der Waals surface area contributed by atoms with Crippen molar-refractivity contribution in [2.24, 2.45) is 23.8 Å². The number of aryl methyl sites for hydroxylation is 1. The molecule has 29 heavy (non-hydrogen) atoms. The number of carbonyl (C=O) groups is 2. The van der Waals surface area contributed by atoms with Crippen LogP contribution in [0, 0.1) is 16.7 Å². The lowest BCUT2D eigenvalue weighted by atomic mass is 9.70. The summed E-state index contributed by atoms with van der Waals surface area (Å²) in [5, 5.41) is -1.30. The van der Waals surface area contributed by atoms with E-state index in [0.29, 0.717) is 12.8 Å². The molecule has 3 rings (SSSR count). The Morgan fingerprint density at radius 1 is 1.28 bits per heavy atom. The van der Waals surface area contributed by atoms with E-state index in [9.17, 15) is 22.6 Å². The monoisotopic (exact) mass is 424 g/mol. The first-order chi connectivity index (χ1) is 13.3.